The Kier molecular flexibility index (Phi) is 7.10. The van der Waals surface area contributed by atoms with Gasteiger partial charge in [-0.05, 0) is 50.2 Å². The standard InChI is InChI=1S/C26H22F3N5O4S/c1-16(15-39(4,37)38)32-24(35)23(22-12-13-31-34(22)20-10-8-19(30-3)9-11-20)17(2)33(25(32)36)21-7-5-6-18(14-21)26(27,28)29/h5-14,16H,15H2,1-2,4H3/t16-/m1/s1. The van der Waals surface area contributed by atoms with Crippen molar-refractivity contribution in [1.29, 1.82) is 0 Å². The van der Waals surface area contributed by atoms with Gasteiger partial charge in [0.05, 0.1) is 52.8 Å². The number of hydrogen-bond donors (Lipinski definition) is 0. The molecule has 4 rings (SSSR count). The number of alkyl halides is 3. The molecule has 0 amide bonds. The number of benzene rings is 2. The fourth-order valence-electron chi connectivity index (χ4n) is 4.41. The third-order valence-electron chi connectivity index (χ3n) is 6.07. The molecule has 0 aliphatic rings. The zero-order valence-electron chi connectivity index (χ0n) is 21.0. The molecule has 0 bridgehead atoms. The van der Waals surface area contributed by atoms with Crippen LogP contribution in [0.5, 0.6) is 0 Å². The lowest BCUT2D eigenvalue weighted by atomic mass is 10.1. The van der Waals surface area contributed by atoms with Crippen molar-refractivity contribution >= 4 is 15.5 Å². The molecule has 2 heterocycles. The van der Waals surface area contributed by atoms with Gasteiger partial charge in [-0.15, -0.1) is 0 Å². The SMILES string of the molecule is [C-]#[N+]c1ccc(-n2nccc2-c2c(C)n(-c3cccc(C(F)(F)F)c3)c(=O)n([C@H](C)CS(C)(=O)=O)c2=O)cc1. The highest BCUT2D eigenvalue weighted by molar-refractivity contribution is 7.90. The molecule has 13 heteroatoms. The lowest BCUT2D eigenvalue weighted by Gasteiger charge is -2.21. The first-order chi connectivity index (χ1) is 18.2. The summed E-state index contributed by atoms with van der Waals surface area (Å²) in [5, 5.41) is 4.26. The number of aromatic nitrogens is 4. The second-order valence-corrected chi connectivity index (χ2v) is 11.2. The number of sulfone groups is 1. The third-order valence-corrected chi connectivity index (χ3v) is 7.15. The van der Waals surface area contributed by atoms with Crippen molar-refractivity contribution < 1.29 is 21.6 Å². The van der Waals surface area contributed by atoms with Crippen molar-refractivity contribution in [1.82, 2.24) is 18.9 Å². The Labute approximate surface area is 221 Å². The van der Waals surface area contributed by atoms with Crippen molar-refractivity contribution in [3.63, 3.8) is 0 Å². The summed E-state index contributed by atoms with van der Waals surface area (Å²) < 4.78 is 67.7. The molecule has 0 saturated carbocycles. The summed E-state index contributed by atoms with van der Waals surface area (Å²) in [5.41, 5.74) is -1.91. The average Bonchev–Trinajstić information content (AvgIpc) is 3.32. The summed E-state index contributed by atoms with van der Waals surface area (Å²) in [6, 6.07) is 10.8. The molecule has 9 nitrogen and oxygen atoms in total. The van der Waals surface area contributed by atoms with Crippen LogP contribution in [0.25, 0.3) is 27.5 Å². The van der Waals surface area contributed by atoms with Crippen LogP contribution in [0.15, 0.2) is 70.4 Å². The van der Waals surface area contributed by atoms with Crippen LogP contribution in [0, 0.1) is 13.5 Å². The third kappa shape index (κ3) is 5.42. The Hall–Kier alpha value is -4.44. The molecule has 2 aromatic heterocycles. The molecule has 0 fully saturated rings. The zero-order valence-corrected chi connectivity index (χ0v) is 21.8. The van der Waals surface area contributed by atoms with Crippen LogP contribution in [-0.4, -0.2) is 39.3 Å². The molecule has 4 aromatic rings. The van der Waals surface area contributed by atoms with Gasteiger partial charge >= 0.3 is 11.9 Å². The van der Waals surface area contributed by atoms with Gasteiger partial charge in [0.1, 0.15) is 9.84 Å². The van der Waals surface area contributed by atoms with Crippen LogP contribution >= 0.6 is 0 Å². The van der Waals surface area contributed by atoms with Gasteiger partial charge in [-0.25, -0.2) is 22.7 Å². The Morgan fingerprint density at radius 3 is 2.31 bits per heavy atom. The molecule has 0 radical (unpaired) electrons. The van der Waals surface area contributed by atoms with Gasteiger partial charge in [0.15, 0.2) is 5.69 Å². The molecule has 0 aliphatic carbocycles. The van der Waals surface area contributed by atoms with Crippen molar-refractivity contribution in [2.75, 3.05) is 12.0 Å². The molecular formula is C26H22F3N5O4S. The maximum absolute atomic E-state index is 13.8. The van der Waals surface area contributed by atoms with E-state index in [1.54, 1.807) is 24.3 Å². The second-order valence-electron chi connectivity index (χ2n) is 9.00. The molecule has 2 aromatic carbocycles. The lowest BCUT2D eigenvalue weighted by Crippen LogP contribution is -2.44. The highest BCUT2D eigenvalue weighted by Gasteiger charge is 2.31. The molecule has 0 spiro atoms. The summed E-state index contributed by atoms with van der Waals surface area (Å²) in [7, 11) is -3.64. The minimum atomic E-state index is -4.69. The molecular weight excluding hydrogens is 535 g/mol. The Morgan fingerprint density at radius 2 is 1.72 bits per heavy atom. The normalized spacial score (nSPS) is 12.7. The summed E-state index contributed by atoms with van der Waals surface area (Å²) in [5.74, 6) is -0.551. The van der Waals surface area contributed by atoms with Crippen LogP contribution in [0.4, 0.5) is 18.9 Å². The van der Waals surface area contributed by atoms with E-state index in [2.05, 4.69) is 9.94 Å². The van der Waals surface area contributed by atoms with Crippen LogP contribution in [0.2, 0.25) is 0 Å². The van der Waals surface area contributed by atoms with E-state index in [4.69, 9.17) is 6.57 Å². The molecule has 0 saturated heterocycles. The quantitative estimate of drug-likeness (QED) is 0.329. The van der Waals surface area contributed by atoms with Gasteiger partial charge in [-0.1, -0.05) is 18.2 Å². The van der Waals surface area contributed by atoms with Crippen molar-refractivity contribution in [3.05, 3.63) is 104 Å². The van der Waals surface area contributed by atoms with E-state index in [0.29, 0.717) is 11.4 Å². The van der Waals surface area contributed by atoms with Crippen LogP contribution in [-0.2, 0) is 16.0 Å². The maximum Gasteiger partial charge on any atom is 0.416 e. The van der Waals surface area contributed by atoms with Gasteiger partial charge in [0.25, 0.3) is 5.56 Å². The smallest absolute Gasteiger partial charge is 0.268 e. The Morgan fingerprint density at radius 1 is 1.05 bits per heavy atom. The highest BCUT2D eigenvalue weighted by atomic mass is 32.2. The summed E-state index contributed by atoms with van der Waals surface area (Å²) >= 11 is 0. The van der Waals surface area contributed by atoms with Crippen LogP contribution in [0.3, 0.4) is 0 Å². The van der Waals surface area contributed by atoms with E-state index in [-0.39, 0.29) is 22.6 Å². The summed E-state index contributed by atoms with van der Waals surface area (Å²) in [6.07, 6.45) is -2.33. The lowest BCUT2D eigenvalue weighted by molar-refractivity contribution is -0.137. The minimum Gasteiger partial charge on any atom is -0.268 e. The average molecular weight is 558 g/mol. The van der Waals surface area contributed by atoms with Crippen molar-refractivity contribution in [2.45, 2.75) is 26.1 Å². The predicted molar refractivity (Wildman–Crippen MR) is 139 cm³/mol. The van der Waals surface area contributed by atoms with Gasteiger partial charge < -0.3 is 0 Å². The van der Waals surface area contributed by atoms with Gasteiger partial charge in [0.2, 0.25) is 0 Å². The first-order valence-electron chi connectivity index (χ1n) is 11.5. The van der Waals surface area contributed by atoms with E-state index in [9.17, 15) is 31.2 Å². The molecule has 202 valence electrons. The van der Waals surface area contributed by atoms with Crippen molar-refractivity contribution in [2.24, 2.45) is 0 Å². The van der Waals surface area contributed by atoms with E-state index in [0.717, 1.165) is 33.6 Å². The van der Waals surface area contributed by atoms with Gasteiger partial charge in [-0.2, -0.15) is 18.3 Å². The van der Waals surface area contributed by atoms with Crippen LogP contribution in [0.1, 0.15) is 24.2 Å². The molecule has 1 atom stereocenters. The number of nitrogens with zero attached hydrogens (tertiary/aromatic N) is 5. The van der Waals surface area contributed by atoms with E-state index in [1.807, 2.05) is 0 Å². The Bertz CT molecular complexity index is 1830. The van der Waals surface area contributed by atoms with Crippen LogP contribution < -0.4 is 11.2 Å². The predicted octanol–water partition coefficient (Wildman–Crippen LogP) is 4.34. The molecule has 0 aliphatic heterocycles. The van der Waals surface area contributed by atoms with E-state index >= 15 is 0 Å². The minimum absolute atomic E-state index is 0.0339. The zero-order chi connectivity index (χ0) is 28.7. The fourth-order valence-corrected chi connectivity index (χ4v) is 5.44. The topological polar surface area (TPSA) is 100 Å². The van der Waals surface area contributed by atoms with Gasteiger partial charge in [-0.3, -0.25) is 13.9 Å². The molecule has 0 N–H and O–H groups in total. The second kappa shape index (κ2) is 10.0. The Balaban J connectivity index is 2.07. The van der Waals surface area contributed by atoms with Crippen molar-refractivity contribution in [3.8, 4) is 22.6 Å². The summed E-state index contributed by atoms with van der Waals surface area (Å²) in [4.78, 5) is 30.8. The van der Waals surface area contributed by atoms with Gasteiger partial charge in [0, 0.05) is 11.9 Å². The number of halogens is 3. The highest BCUT2D eigenvalue weighted by Crippen LogP contribution is 2.31. The van der Waals surface area contributed by atoms with E-state index < -0.39 is 44.6 Å². The maximum atomic E-state index is 13.8. The first kappa shape index (κ1) is 27.6. The number of hydrogen-bond acceptors (Lipinski definition) is 5. The first-order valence-corrected chi connectivity index (χ1v) is 13.5. The largest absolute Gasteiger partial charge is 0.416 e. The van der Waals surface area contributed by atoms with E-state index in [1.165, 1.54) is 36.9 Å². The monoisotopic (exact) mass is 557 g/mol. The summed E-state index contributed by atoms with van der Waals surface area (Å²) in [6.45, 7) is 9.93. The molecule has 0 unspecified atom stereocenters. The fraction of sp³-hybridized carbons (Fsp3) is 0.231. The number of rotatable bonds is 6. The molecule has 39 heavy (non-hydrogen) atoms.